The summed E-state index contributed by atoms with van der Waals surface area (Å²) < 4.78 is 28.4. The van der Waals surface area contributed by atoms with Gasteiger partial charge >= 0.3 is 7.12 Å². The number of methoxy groups -OCH3 is 3. The number of hydrogen-bond donors (Lipinski definition) is 0. The van der Waals surface area contributed by atoms with Gasteiger partial charge in [0.25, 0.3) is 0 Å². The Kier molecular flexibility index (Phi) is 5.96. The van der Waals surface area contributed by atoms with Crippen LogP contribution in [0.25, 0.3) is 12.2 Å². The maximum absolute atomic E-state index is 6.11. The van der Waals surface area contributed by atoms with E-state index in [1.165, 1.54) is 0 Å². The van der Waals surface area contributed by atoms with Crippen molar-refractivity contribution in [2.24, 2.45) is 0 Å². The Morgan fingerprint density at radius 1 is 0.724 bits per heavy atom. The molecule has 0 atom stereocenters. The van der Waals surface area contributed by atoms with Crippen LogP contribution in [0, 0.1) is 0 Å². The van der Waals surface area contributed by atoms with Crippen LogP contribution in [0.4, 0.5) is 0 Å². The molecule has 1 saturated heterocycles. The summed E-state index contributed by atoms with van der Waals surface area (Å²) in [7, 11) is 4.46. The van der Waals surface area contributed by atoms with Gasteiger partial charge in [-0.05, 0) is 56.4 Å². The third-order valence-electron chi connectivity index (χ3n) is 5.62. The molecule has 154 valence electrons. The topological polar surface area (TPSA) is 46.2 Å². The SMILES string of the molecule is COc1cc(/C=C/c2ccc(B3OC(C)(C)C(C)(C)O3)cc2)cc(OC)c1OC. The number of benzene rings is 2. The average Bonchev–Trinajstić information content (AvgIpc) is 2.92. The summed E-state index contributed by atoms with van der Waals surface area (Å²) in [5.74, 6) is 1.84. The van der Waals surface area contributed by atoms with Gasteiger partial charge in [-0.3, -0.25) is 0 Å². The molecule has 1 aliphatic heterocycles. The summed E-state index contributed by atoms with van der Waals surface area (Å²) in [5, 5.41) is 0. The van der Waals surface area contributed by atoms with Crippen molar-refractivity contribution >= 4 is 24.7 Å². The quantitative estimate of drug-likeness (QED) is 0.542. The molecule has 29 heavy (non-hydrogen) atoms. The van der Waals surface area contributed by atoms with Gasteiger partial charge in [-0.15, -0.1) is 0 Å². The number of hydrogen-bond acceptors (Lipinski definition) is 5. The second-order valence-corrected chi connectivity index (χ2v) is 8.05. The molecular weight excluding hydrogens is 367 g/mol. The van der Waals surface area contributed by atoms with E-state index in [4.69, 9.17) is 23.5 Å². The van der Waals surface area contributed by atoms with Crippen LogP contribution in [0.5, 0.6) is 17.2 Å². The van der Waals surface area contributed by atoms with E-state index < -0.39 is 0 Å². The highest BCUT2D eigenvalue weighted by molar-refractivity contribution is 6.62. The largest absolute Gasteiger partial charge is 0.494 e. The lowest BCUT2D eigenvalue weighted by atomic mass is 9.79. The van der Waals surface area contributed by atoms with Gasteiger partial charge in [0.1, 0.15) is 0 Å². The summed E-state index contributed by atoms with van der Waals surface area (Å²) in [5.41, 5.74) is 2.34. The standard InChI is InChI=1S/C23H29BO5/c1-22(2)23(3,4)29-24(28-22)18-12-10-16(11-13-18)8-9-17-14-19(25-5)21(27-7)20(15-17)26-6/h8-15H,1-7H3/b9-8+. The first-order valence-electron chi connectivity index (χ1n) is 9.64. The molecule has 0 radical (unpaired) electrons. The first kappa shape index (κ1) is 21.3. The van der Waals surface area contributed by atoms with Crippen LogP contribution in [0.3, 0.4) is 0 Å². The van der Waals surface area contributed by atoms with Crippen LogP contribution in [-0.4, -0.2) is 39.6 Å². The van der Waals surface area contributed by atoms with E-state index in [9.17, 15) is 0 Å². The van der Waals surface area contributed by atoms with E-state index in [0.717, 1.165) is 16.6 Å². The molecule has 3 rings (SSSR count). The summed E-state index contributed by atoms with van der Waals surface area (Å²) in [6.07, 6.45) is 4.04. The predicted molar refractivity (Wildman–Crippen MR) is 117 cm³/mol. The van der Waals surface area contributed by atoms with Crippen LogP contribution in [0.2, 0.25) is 0 Å². The third kappa shape index (κ3) is 4.28. The molecule has 6 heteroatoms. The molecule has 2 aromatic carbocycles. The molecule has 0 amide bonds. The minimum absolute atomic E-state index is 0.345. The molecule has 0 bridgehead atoms. The van der Waals surface area contributed by atoms with Crippen molar-refractivity contribution in [1.29, 1.82) is 0 Å². The Hall–Kier alpha value is -2.44. The van der Waals surface area contributed by atoms with Crippen molar-refractivity contribution in [2.75, 3.05) is 21.3 Å². The average molecular weight is 396 g/mol. The fourth-order valence-electron chi connectivity index (χ4n) is 3.13. The highest BCUT2D eigenvalue weighted by atomic mass is 16.7. The fourth-order valence-corrected chi connectivity index (χ4v) is 3.13. The molecule has 0 aromatic heterocycles. The fraction of sp³-hybridized carbons (Fsp3) is 0.391. The van der Waals surface area contributed by atoms with Gasteiger partial charge in [-0.2, -0.15) is 0 Å². The molecule has 0 saturated carbocycles. The highest BCUT2D eigenvalue weighted by Gasteiger charge is 2.51. The minimum Gasteiger partial charge on any atom is -0.493 e. The zero-order valence-corrected chi connectivity index (χ0v) is 18.2. The van der Waals surface area contributed by atoms with Crippen molar-refractivity contribution in [2.45, 2.75) is 38.9 Å². The maximum Gasteiger partial charge on any atom is 0.494 e. The van der Waals surface area contributed by atoms with Gasteiger partial charge in [0, 0.05) is 0 Å². The Labute approximate surface area is 173 Å². The molecule has 2 aromatic rings. The van der Waals surface area contributed by atoms with Gasteiger partial charge in [-0.1, -0.05) is 36.4 Å². The van der Waals surface area contributed by atoms with Crippen molar-refractivity contribution < 1.29 is 23.5 Å². The zero-order chi connectivity index (χ0) is 21.2. The van der Waals surface area contributed by atoms with Crippen molar-refractivity contribution in [1.82, 2.24) is 0 Å². The molecule has 0 N–H and O–H groups in total. The monoisotopic (exact) mass is 396 g/mol. The molecular formula is C23H29BO5. The van der Waals surface area contributed by atoms with Crippen molar-refractivity contribution in [3.63, 3.8) is 0 Å². The lowest BCUT2D eigenvalue weighted by molar-refractivity contribution is 0.00578. The van der Waals surface area contributed by atoms with Gasteiger partial charge in [0.05, 0.1) is 32.5 Å². The Morgan fingerprint density at radius 2 is 1.21 bits per heavy atom. The summed E-state index contributed by atoms with van der Waals surface area (Å²) >= 11 is 0. The zero-order valence-electron chi connectivity index (χ0n) is 18.2. The lowest BCUT2D eigenvalue weighted by Gasteiger charge is -2.32. The predicted octanol–water partition coefficient (Wildman–Crippen LogP) is 4.18. The van der Waals surface area contributed by atoms with Gasteiger partial charge < -0.3 is 23.5 Å². The van der Waals surface area contributed by atoms with Gasteiger partial charge in [0.15, 0.2) is 11.5 Å². The van der Waals surface area contributed by atoms with Crippen LogP contribution in [0.1, 0.15) is 38.8 Å². The van der Waals surface area contributed by atoms with Crippen LogP contribution < -0.4 is 19.7 Å². The smallest absolute Gasteiger partial charge is 0.493 e. The minimum atomic E-state index is -0.354. The van der Waals surface area contributed by atoms with E-state index in [1.54, 1.807) is 21.3 Å². The van der Waals surface area contributed by atoms with Crippen LogP contribution in [-0.2, 0) is 9.31 Å². The van der Waals surface area contributed by atoms with Crippen LogP contribution >= 0.6 is 0 Å². The summed E-state index contributed by atoms with van der Waals surface area (Å²) in [4.78, 5) is 0. The third-order valence-corrected chi connectivity index (χ3v) is 5.62. The molecule has 0 spiro atoms. The normalized spacial score (nSPS) is 17.6. The first-order chi connectivity index (χ1) is 13.7. The Balaban J connectivity index is 1.78. The molecule has 5 nitrogen and oxygen atoms in total. The summed E-state index contributed by atoms with van der Waals surface area (Å²) in [6.45, 7) is 8.23. The molecule has 1 fully saturated rings. The Morgan fingerprint density at radius 3 is 1.66 bits per heavy atom. The second-order valence-electron chi connectivity index (χ2n) is 8.05. The van der Waals surface area contributed by atoms with E-state index in [1.807, 2.05) is 36.4 Å². The second kappa shape index (κ2) is 8.13. The van der Waals surface area contributed by atoms with E-state index in [-0.39, 0.29) is 18.3 Å². The summed E-state index contributed by atoms with van der Waals surface area (Å²) in [6, 6.07) is 12.0. The van der Waals surface area contributed by atoms with Crippen molar-refractivity contribution in [3.8, 4) is 17.2 Å². The van der Waals surface area contributed by atoms with Crippen molar-refractivity contribution in [3.05, 3.63) is 47.5 Å². The molecule has 1 heterocycles. The van der Waals surface area contributed by atoms with E-state index >= 15 is 0 Å². The van der Waals surface area contributed by atoms with Gasteiger partial charge in [-0.25, -0.2) is 0 Å². The first-order valence-corrected chi connectivity index (χ1v) is 9.64. The number of ether oxygens (including phenoxy) is 3. The highest BCUT2D eigenvalue weighted by Crippen LogP contribution is 2.39. The van der Waals surface area contributed by atoms with E-state index in [0.29, 0.717) is 17.2 Å². The van der Waals surface area contributed by atoms with E-state index in [2.05, 4.69) is 39.8 Å². The number of rotatable bonds is 6. The Bertz CT molecular complexity index is 846. The molecule has 0 aliphatic carbocycles. The maximum atomic E-state index is 6.11. The molecule has 0 unspecified atom stereocenters. The lowest BCUT2D eigenvalue weighted by Crippen LogP contribution is -2.41. The molecule has 1 aliphatic rings. The van der Waals surface area contributed by atoms with Gasteiger partial charge in [0.2, 0.25) is 5.75 Å². The van der Waals surface area contributed by atoms with Crippen LogP contribution in [0.15, 0.2) is 36.4 Å².